The Morgan fingerprint density at radius 3 is 2.68 bits per heavy atom. The highest BCUT2D eigenvalue weighted by molar-refractivity contribution is 7.91. The van der Waals surface area contributed by atoms with Crippen molar-refractivity contribution in [3.8, 4) is 0 Å². The molecule has 1 unspecified atom stereocenters. The predicted molar refractivity (Wildman–Crippen MR) is 122 cm³/mol. The number of aryl methyl sites for hydroxylation is 1. The molecule has 1 atom stereocenters. The maximum absolute atomic E-state index is 12.8. The van der Waals surface area contributed by atoms with Crippen molar-refractivity contribution >= 4 is 21.4 Å². The fourth-order valence-corrected chi connectivity index (χ4v) is 6.63. The number of carbonyl (C=O) groups is 1. The minimum absolute atomic E-state index is 0.114. The number of likely N-dealkylation sites (tertiary alicyclic amines) is 1. The largest absolute Gasteiger partial charge is 0.381 e. The van der Waals surface area contributed by atoms with Crippen molar-refractivity contribution in [1.82, 2.24) is 14.7 Å². The van der Waals surface area contributed by atoms with Crippen LogP contribution in [0.2, 0.25) is 0 Å². The second-order valence-electron chi connectivity index (χ2n) is 9.49. The molecule has 0 spiro atoms. The van der Waals surface area contributed by atoms with Crippen LogP contribution >= 0.6 is 0 Å². The van der Waals surface area contributed by atoms with Crippen molar-refractivity contribution < 1.29 is 13.2 Å². The lowest BCUT2D eigenvalue weighted by atomic mass is 9.98. The highest BCUT2D eigenvalue weighted by atomic mass is 32.2. The van der Waals surface area contributed by atoms with Crippen molar-refractivity contribution in [2.24, 2.45) is 5.92 Å². The number of anilines is 1. The summed E-state index contributed by atoms with van der Waals surface area (Å²) in [4.78, 5) is 14.8. The zero-order chi connectivity index (χ0) is 22.2. The van der Waals surface area contributed by atoms with Gasteiger partial charge in [0, 0.05) is 42.6 Å². The number of sulfone groups is 1. The Hall–Kier alpha value is -2.35. The highest BCUT2D eigenvalue weighted by Gasteiger charge is 2.40. The molecule has 2 aromatic rings. The molecule has 7 nitrogen and oxygen atoms in total. The van der Waals surface area contributed by atoms with Crippen molar-refractivity contribution in [2.75, 3.05) is 29.9 Å². The van der Waals surface area contributed by atoms with Crippen LogP contribution in [0.4, 0.5) is 5.69 Å². The van der Waals surface area contributed by atoms with Crippen LogP contribution < -0.4 is 5.32 Å². The molecule has 31 heavy (non-hydrogen) atoms. The van der Waals surface area contributed by atoms with Crippen LogP contribution in [0.1, 0.15) is 54.6 Å². The average Bonchev–Trinajstić information content (AvgIpc) is 3.32. The van der Waals surface area contributed by atoms with Gasteiger partial charge in [-0.25, -0.2) is 8.42 Å². The van der Waals surface area contributed by atoms with Crippen molar-refractivity contribution in [1.29, 1.82) is 0 Å². The van der Waals surface area contributed by atoms with E-state index in [0.717, 1.165) is 48.3 Å². The fourth-order valence-electron chi connectivity index (χ4n) is 4.51. The van der Waals surface area contributed by atoms with Crippen LogP contribution in [-0.2, 0) is 21.9 Å². The zero-order valence-electron chi connectivity index (χ0n) is 18.6. The van der Waals surface area contributed by atoms with E-state index in [-0.39, 0.29) is 17.4 Å². The number of piperidine rings is 1. The van der Waals surface area contributed by atoms with Gasteiger partial charge >= 0.3 is 0 Å². The van der Waals surface area contributed by atoms with E-state index < -0.39 is 15.4 Å². The van der Waals surface area contributed by atoms with Gasteiger partial charge in [-0.1, -0.05) is 6.92 Å². The lowest BCUT2D eigenvalue weighted by Gasteiger charge is -2.30. The van der Waals surface area contributed by atoms with Crippen LogP contribution in [0.5, 0.6) is 0 Å². The smallest absolute Gasteiger partial charge is 0.253 e. The molecule has 1 aromatic heterocycles. The number of hydrogen-bond donors (Lipinski definition) is 1. The molecule has 0 saturated carbocycles. The first kappa shape index (κ1) is 21.9. The third kappa shape index (κ3) is 4.79. The van der Waals surface area contributed by atoms with Gasteiger partial charge in [0.15, 0.2) is 9.84 Å². The van der Waals surface area contributed by atoms with Crippen LogP contribution in [0.15, 0.2) is 30.6 Å². The molecule has 0 aliphatic carbocycles. The number of carbonyl (C=O) groups excluding carboxylic acids is 1. The Bertz CT molecular complexity index is 1070. The molecule has 3 heterocycles. The van der Waals surface area contributed by atoms with Gasteiger partial charge in [0.1, 0.15) is 0 Å². The highest BCUT2D eigenvalue weighted by Crippen LogP contribution is 2.30. The molecule has 0 radical (unpaired) electrons. The fraction of sp³-hybridized carbons (Fsp3) is 0.565. The molecular weight excluding hydrogens is 412 g/mol. The standard InChI is InChI=1S/C23H32N4O3S/c1-17-6-9-26(10-7-17)22(28)20-4-5-21(18(2)12-20)24-13-19-14-25-27(15-19)23(3)8-11-31(29,30)16-23/h4-5,12,14-15,17,24H,6-11,13,16H2,1-3H3. The van der Waals surface area contributed by atoms with Gasteiger partial charge < -0.3 is 10.2 Å². The SMILES string of the molecule is Cc1cc(C(=O)N2CCC(C)CC2)ccc1NCc1cnn(C2(C)CCS(=O)(=O)C2)c1. The molecule has 2 saturated heterocycles. The second kappa shape index (κ2) is 8.30. The minimum Gasteiger partial charge on any atom is -0.381 e. The van der Waals surface area contributed by atoms with Crippen LogP contribution in [0.3, 0.4) is 0 Å². The van der Waals surface area contributed by atoms with Crippen molar-refractivity contribution in [2.45, 2.75) is 52.1 Å². The number of aromatic nitrogens is 2. The van der Waals surface area contributed by atoms with Gasteiger partial charge in [-0.05, 0) is 62.8 Å². The third-order valence-electron chi connectivity index (χ3n) is 6.70. The normalized spacial score (nSPS) is 23.8. The Morgan fingerprint density at radius 1 is 1.29 bits per heavy atom. The first-order valence-corrected chi connectivity index (χ1v) is 12.9. The lowest BCUT2D eigenvalue weighted by molar-refractivity contribution is 0.0697. The maximum Gasteiger partial charge on any atom is 0.253 e. The molecule has 168 valence electrons. The summed E-state index contributed by atoms with van der Waals surface area (Å²) < 4.78 is 25.6. The van der Waals surface area contributed by atoms with Gasteiger partial charge in [0.2, 0.25) is 0 Å². The Labute approximate surface area is 184 Å². The van der Waals surface area contributed by atoms with E-state index in [9.17, 15) is 13.2 Å². The molecule has 2 fully saturated rings. The first-order chi connectivity index (χ1) is 14.7. The molecule has 8 heteroatoms. The van der Waals surface area contributed by atoms with Gasteiger partial charge in [-0.2, -0.15) is 5.10 Å². The predicted octanol–water partition coefficient (Wildman–Crippen LogP) is 3.21. The maximum atomic E-state index is 12.8. The van der Waals surface area contributed by atoms with Gasteiger partial charge in [-0.3, -0.25) is 9.48 Å². The summed E-state index contributed by atoms with van der Waals surface area (Å²) in [6, 6.07) is 5.81. The van der Waals surface area contributed by atoms with Crippen LogP contribution in [0.25, 0.3) is 0 Å². The molecule has 1 N–H and O–H groups in total. The van der Waals surface area contributed by atoms with E-state index >= 15 is 0 Å². The number of nitrogens with zero attached hydrogens (tertiary/aromatic N) is 3. The summed E-state index contributed by atoms with van der Waals surface area (Å²) in [6.45, 7) is 8.45. The second-order valence-corrected chi connectivity index (χ2v) is 11.7. The molecule has 2 aliphatic rings. The van der Waals surface area contributed by atoms with E-state index in [0.29, 0.717) is 18.9 Å². The molecule has 2 aliphatic heterocycles. The number of hydrogen-bond acceptors (Lipinski definition) is 5. The summed E-state index contributed by atoms with van der Waals surface area (Å²) in [5.41, 5.74) is 3.26. The molecule has 1 amide bonds. The van der Waals surface area contributed by atoms with E-state index in [1.54, 1.807) is 10.9 Å². The number of amides is 1. The topological polar surface area (TPSA) is 84.3 Å². The van der Waals surface area contributed by atoms with E-state index in [1.807, 2.05) is 43.1 Å². The quantitative estimate of drug-likeness (QED) is 0.766. The molecular formula is C23H32N4O3S. The van der Waals surface area contributed by atoms with E-state index in [4.69, 9.17) is 0 Å². The van der Waals surface area contributed by atoms with E-state index in [1.165, 1.54) is 0 Å². The Kier molecular flexibility index (Phi) is 5.85. The summed E-state index contributed by atoms with van der Waals surface area (Å²) >= 11 is 0. The minimum atomic E-state index is -2.98. The first-order valence-electron chi connectivity index (χ1n) is 11.0. The Balaban J connectivity index is 1.38. The van der Waals surface area contributed by atoms with Gasteiger partial charge in [-0.15, -0.1) is 0 Å². The average molecular weight is 445 g/mol. The lowest BCUT2D eigenvalue weighted by Crippen LogP contribution is -2.37. The summed E-state index contributed by atoms with van der Waals surface area (Å²) in [6.07, 6.45) is 6.45. The molecule has 1 aromatic carbocycles. The number of nitrogens with one attached hydrogen (secondary N) is 1. The molecule has 4 rings (SSSR count). The molecule has 0 bridgehead atoms. The number of rotatable bonds is 5. The summed E-state index contributed by atoms with van der Waals surface area (Å²) in [5, 5.41) is 7.84. The van der Waals surface area contributed by atoms with Crippen LogP contribution in [-0.4, -0.2) is 53.6 Å². The monoisotopic (exact) mass is 444 g/mol. The van der Waals surface area contributed by atoms with Gasteiger partial charge in [0.25, 0.3) is 5.91 Å². The van der Waals surface area contributed by atoms with Crippen molar-refractivity contribution in [3.63, 3.8) is 0 Å². The van der Waals surface area contributed by atoms with Crippen LogP contribution in [0, 0.1) is 12.8 Å². The Morgan fingerprint density at radius 2 is 2.03 bits per heavy atom. The summed E-state index contributed by atoms with van der Waals surface area (Å²) in [5.74, 6) is 1.17. The van der Waals surface area contributed by atoms with Gasteiger partial charge in [0.05, 0.1) is 23.2 Å². The number of benzene rings is 1. The third-order valence-corrected chi connectivity index (χ3v) is 8.59. The zero-order valence-corrected chi connectivity index (χ0v) is 19.4. The summed E-state index contributed by atoms with van der Waals surface area (Å²) in [7, 11) is -2.98. The van der Waals surface area contributed by atoms with Crippen molar-refractivity contribution in [3.05, 3.63) is 47.3 Å². The van der Waals surface area contributed by atoms with E-state index in [2.05, 4.69) is 17.3 Å².